The number of carbonyl (C=O) groups is 1. The van der Waals surface area contributed by atoms with Gasteiger partial charge in [-0.25, -0.2) is 8.42 Å². The summed E-state index contributed by atoms with van der Waals surface area (Å²) in [6, 6.07) is 13.3. The van der Waals surface area contributed by atoms with Crippen LogP contribution in [0.5, 0.6) is 11.5 Å². The second-order valence-corrected chi connectivity index (χ2v) is 9.32. The largest absolute Gasteiger partial charge is 0.493 e. The van der Waals surface area contributed by atoms with Crippen LogP contribution in [0.4, 0.5) is 5.69 Å². The number of hydrogen-bond donors (Lipinski definition) is 1. The summed E-state index contributed by atoms with van der Waals surface area (Å²) in [5.41, 5.74) is 0.503. The van der Waals surface area contributed by atoms with Gasteiger partial charge in [0, 0.05) is 18.8 Å². The molecule has 7 nitrogen and oxygen atoms in total. The smallest absolute Gasteiger partial charge is 0.262 e. The Bertz CT molecular complexity index is 954. The summed E-state index contributed by atoms with van der Waals surface area (Å²) in [5.74, 6) is 0.667. The summed E-state index contributed by atoms with van der Waals surface area (Å²) >= 11 is 0. The fraction of sp³-hybridized carbons (Fsp3) is 0.409. The second kappa shape index (κ2) is 9.95. The lowest BCUT2D eigenvalue weighted by molar-refractivity contribution is -0.118. The number of rotatable bonds is 8. The molecule has 8 heteroatoms. The monoisotopic (exact) mass is 432 g/mol. The molecule has 2 aromatic carbocycles. The molecule has 0 saturated heterocycles. The lowest BCUT2D eigenvalue weighted by Crippen LogP contribution is -2.38. The molecule has 30 heavy (non-hydrogen) atoms. The van der Waals surface area contributed by atoms with Crippen molar-refractivity contribution >= 4 is 21.6 Å². The van der Waals surface area contributed by atoms with Crippen LogP contribution in [0.1, 0.15) is 32.1 Å². The lowest BCUT2D eigenvalue weighted by atomic mass is 9.96. The number of nitrogens with one attached hydrogen (secondary N) is 1. The molecule has 3 rings (SSSR count). The van der Waals surface area contributed by atoms with Crippen LogP contribution < -0.4 is 14.8 Å². The first-order chi connectivity index (χ1) is 14.4. The van der Waals surface area contributed by atoms with Gasteiger partial charge in [0.2, 0.25) is 10.0 Å². The first-order valence-corrected chi connectivity index (χ1v) is 11.5. The van der Waals surface area contributed by atoms with E-state index in [2.05, 4.69) is 5.32 Å². The van der Waals surface area contributed by atoms with E-state index in [1.165, 1.54) is 30.0 Å². The van der Waals surface area contributed by atoms with Gasteiger partial charge in [-0.3, -0.25) is 4.79 Å². The summed E-state index contributed by atoms with van der Waals surface area (Å²) in [5, 5.41) is 2.71. The maximum atomic E-state index is 12.9. The number of sulfonamides is 1. The van der Waals surface area contributed by atoms with E-state index in [4.69, 9.17) is 9.47 Å². The highest BCUT2D eigenvalue weighted by atomic mass is 32.2. The van der Waals surface area contributed by atoms with Gasteiger partial charge < -0.3 is 14.8 Å². The van der Waals surface area contributed by atoms with Crippen molar-refractivity contribution in [2.75, 3.05) is 26.1 Å². The van der Waals surface area contributed by atoms with Gasteiger partial charge in [0.25, 0.3) is 5.91 Å². The number of nitrogens with zero attached hydrogens (tertiary/aromatic N) is 1. The van der Waals surface area contributed by atoms with Crippen LogP contribution in [-0.2, 0) is 14.8 Å². The van der Waals surface area contributed by atoms with Crippen LogP contribution in [0.2, 0.25) is 0 Å². The van der Waals surface area contributed by atoms with E-state index in [0.717, 1.165) is 25.7 Å². The van der Waals surface area contributed by atoms with Crippen LogP contribution in [0.15, 0.2) is 53.4 Å². The molecule has 1 fully saturated rings. The van der Waals surface area contributed by atoms with Crippen LogP contribution in [0.3, 0.4) is 0 Å². The fourth-order valence-electron chi connectivity index (χ4n) is 3.60. The minimum Gasteiger partial charge on any atom is -0.493 e. The van der Waals surface area contributed by atoms with Crippen LogP contribution >= 0.6 is 0 Å². The van der Waals surface area contributed by atoms with Gasteiger partial charge in [0.1, 0.15) is 0 Å². The first kappa shape index (κ1) is 22.1. The zero-order valence-corrected chi connectivity index (χ0v) is 18.2. The molecule has 1 aliphatic rings. The molecule has 1 amide bonds. The molecule has 1 saturated carbocycles. The molecule has 0 unspecified atom stereocenters. The Balaban J connectivity index is 1.59. The number of carbonyl (C=O) groups excluding carboxylic acids is 1. The fourth-order valence-corrected chi connectivity index (χ4v) is 5.01. The van der Waals surface area contributed by atoms with Crippen molar-refractivity contribution in [3.8, 4) is 11.5 Å². The van der Waals surface area contributed by atoms with Crippen LogP contribution in [0.25, 0.3) is 0 Å². The zero-order valence-electron chi connectivity index (χ0n) is 17.3. The Kier molecular flexibility index (Phi) is 7.33. The van der Waals surface area contributed by atoms with Gasteiger partial charge in [0.15, 0.2) is 18.1 Å². The average molecular weight is 433 g/mol. The SMILES string of the molecule is COc1ccccc1OCC(=O)Nc1ccc(S(=O)(=O)N(C)C2CCCCC2)cc1. The minimum atomic E-state index is -3.56. The molecule has 0 radical (unpaired) electrons. The topological polar surface area (TPSA) is 84.9 Å². The quantitative estimate of drug-likeness (QED) is 0.688. The Morgan fingerprint density at radius 3 is 2.30 bits per heavy atom. The van der Waals surface area contributed by atoms with Crippen molar-refractivity contribution in [2.45, 2.75) is 43.0 Å². The average Bonchev–Trinajstić information content (AvgIpc) is 2.78. The number of benzene rings is 2. The summed E-state index contributed by atoms with van der Waals surface area (Å²) in [7, 11) is -0.375. The highest BCUT2D eigenvalue weighted by molar-refractivity contribution is 7.89. The highest BCUT2D eigenvalue weighted by Crippen LogP contribution is 2.27. The van der Waals surface area contributed by atoms with E-state index < -0.39 is 10.0 Å². The Hall–Kier alpha value is -2.58. The van der Waals surface area contributed by atoms with Crippen molar-refractivity contribution in [1.29, 1.82) is 0 Å². The Morgan fingerprint density at radius 1 is 1.03 bits per heavy atom. The van der Waals surface area contributed by atoms with Gasteiger partial charge >= 0.3 is 0 Å². The third kappa shape index (κ3) is 5.31. The third-order valence-corrected chi connectivity index (χ3v) is 7.26. The highest BCUT2D eigenvalue weighted by Gasteiger charge is 2.28. The molecule has 0 heterocycles. The number of para-hydroxylation sites is 2. The molecule has 0 bridgehead atoms. The molecule has 0 aromatic heterocycles. The summed E-state index contributed by atoms with van der Waals surface area (Å²) in [6.45, 7) is -0.190. The minimum absolute atomic E-state index is 0.0512. The van der Waals surface area contributed by atoms with E-state index in [-0.39, 0.29) is 23.5 Å². The molecule has 0 spiro atoms. The van der Waals surface area contributed by atoms with Crippen molar-refractivity contribution in [3.05, 3.63) is 48.5 Å². The second-order valence-electron chi connectivity index (χ2n) is 7.33. The van der Waals surface area contributed by atoms with Crippen LogP contribution in [-0.4, -0.2) is 45.4 Å². The number of ether oxygens (including phenoxy) is 2. The van der Waals surface area contributed by atoms with Crippen LogP contribution in [0, 0.1) is 0 Å². The molecular weight excluding hydrogens is 404 g/mol. The molecule has 0 aliphatic heterocycles. The molecule has 162 valence electrons. The van der Waals surface area contributed by atoms with Gasteiger partial charge in [-0.15, -0.1) is 0 Å². The summed E-state index contributed by atoms with van der Waals surface area (Å²) in [4.78, 5) is 12.4. The number of hydrogen-bond acceptors (Lipinski definition) is 5. The van der Waals surface area contributed by atoms with Crippen molar-refractivity contribution < 1.29 is 22.7 Å². The normalized spacial score (nSPS) is 15.0. The Morgan fingerprint density at radius 2 is 1.67 bits per heavy atom. The summed E-state index contributed by atoms with van der Waals surface area (Å²) < 4.78 is 38.0. The number of amides is 1. The number of anilines is 1. The van der Waals surface area contributed by atoms with Gasteiger partial charge in [-0.2, -0.15) is 4.31 Å². The van der Waals surface area contributed by atoms with E-state index in [1.54, 1.807) is 37.4 Å². The van der Waals surface area contributed by atoms with Crippen molar-refractivity contribution in [1.82, 2.24) is 4.31 Å². The zero-order chi connectivity index (χ0) is 21.6. The van der Waals surface area contributed by atoms with E-state index in [1.807, 2.05) is 6.07 Å². The van der Waals surface area contributed by atoms with Crippen molar-refractivity contribution in [3.63, 3.8) is 0 Å². The predicted molar refractivity (Wildman–Crippen MR) is 115 cm³/mol. The molecule has 0 atom stereocenters. The number of methoxy groups -OCH3 is 1. The molecule has 1 N–H and O–H groups in total. The maximum Gasteiger partial charge on any atom is 0.262 e. The molecule has 2 aromatic rings. The van der Waals surface area contributed by atoms with Gasteiger partial charge in [-0.05, 0) is 49.2 Å². The van der Waals surface area contributed by atoms with Gasteiger partial charge in [0.05, 0.1) is 12.0 Å². The molecule has 1 aliphatic carbocycles. The van der Waals surface area contributed by atoms with E-state index >= 15 is 0 Å². The standard InChI is InChI=1S/C22H28N2O5S/c1-24(18-8-4-3-5-9-18)30(26,27)19-14-12-17(13-15-19)23-22(25)16-29-21-11-7-6-10-20(21)28-2/h6-7,10-15,18H,3-5,8-9,16H2,1-2H3,(H,23,25). The third-order valence-electron chi connectivity index (χ3n) is 5.33. The molecular formula is C22H28N2O5S. The first-order valence-electron chi connectivity index (χ1n) is 10.1. The summed E-state index contributed by atoms with van der Waals surface area (Å²) in [6.07, 6.45) is 5.09. The van der Waals surface area contributed by atoms with Gasteiger partial charge in [-0.1, -0.05) is 31.4 Å². The lowest BCUT2D eigenvalue weighted by Gasteiger charge is -2.30. The van der Waals surface area contributed by atoms with E-state index in [0.29, 0.717) is 17.2 Å². The Labute approximate surface area is 178 Å². The predicted octanol–water partition coefficient (Wildman–Crippen LogP) is 3.67. The maximum absolute atomic E-state index is 12.9. The van der Waals surface area contributed by atoms with E-state index in [9.17, 15) is 13.2 Å². The van der Waals surface area contributed by atoms with Crippen molar-refractivity contribution in [2.24, 2.45) is 0 Å².